The molecule has 1 aromatic heterocycles. The molecule has 0 saturated carbocycles. The molecule has 3 rings (SSSR count). The Labute approximate surface area is 169 Å². The van der Waals surface area contributed by atoms with Crippen LogP contribution in [0.3, 0.4) is 0 Å². The number of hydrogen-bond acceptors (Lipinski definition) is 5. The molecule has 4 N–H and O–H groups in total. The number of nitrogens with zero attached hydrogens (tertiary/aromatic N) is 2. The van der Waals surface area contributed by atoms with Crippen molar-refractivity contribution < 1.29 is 9.59 Å². The van der Waals surface area contributed by atoms with E-state index in [4.69, 9.17) is 5.73 Å². The maximum absolute atomic E-state index is 12.6. The van der Waals surface area contributed by atoms with Gasteiger partial charge < -0.3 is 16.4 Å². The van der Waals surface area contributed by atoms with Crippen LogP contribution in [0.1, 0.15) is 42.1 Å². The molecule has 0 bridgehead atoms. The molecule has 0 radical (unpaired) electrons. The van der Waals surface area contributed by atoms with E-state index < -0.39 is 6.03 Å². The summed E-state index contributed by atoms with van der Waals surface area (Å²) < 4.78 is 0. The van der Waals surface area contributed by atoms with E-state index in [0.29, 0.717) is 5.69 Å². The van der Waals surface area contributed by atoms with Crippen molar-refractivity contribution in [3.8, 4) is 0 Å². The number of aromatic nitrogens is 1. The highest BCUT2D eigenvalue weighted by atomic mass is 32.1. The van der Waals surface area contributed by atoms with Gasteiger partial charge in [0, 0.05) is 23.5 Å². The number of piperidine rings is 1. The monoisotopic (exact) mass is 401 g/mol. The van der Waals surface area contributed by atoms with Crippen molar-refractivity contribution in [1.82, 2.24) is 15.2 Å². The van der Waals surface area contributed by atoms with Gasteiger partial charge in [-0.15, -0.1) is 11.3 Å². The Kier molecular flexibility index (Phi) is 6.64. The summed E-state index contributed by atoms with van der Waals surface area (Å²) >= 11 is 1.68. The second-order valence-corrected chi connectivity index (χ2v) is 8.31. The topological polar surface area (TPSA) is 100 Å². The predicted molar refractivity (Wildman–Crippen MR) is 111 cm³/mol. The van der Waals surface area contributed by atoms with Crippen LogP contribution in [0, 0.1) is 12.8 Å². The molecule has 1 atom stereocenters. The van der Waals surface area contributed by atoms with Crippen molar-refractivity contribution in [2.45, 2.75) is 39.3 Å². The number of rotatable bonds is 6. The molecule has 1 fully saturated rings. The van der Waals surface area contributed by atoms with E-state index in [1.165, 1.54) is 0 Å². The zero-order chi connectivity index (χ0) is 20.1. The summed E-state index contributed by atoms with van der Waals surface area (Å²) in [7, 11) is 0. The lowest BCUT2D eigenvalue weighted by Crippen LogP contribution is -2.40. The summed E-state index contributed by atoms with van der Waals surface area (Å²) in [6, 6.07) is 6.64. The standard InChI is InChI=1S/C20H27N5O2S/c1-13(15-3-5-17(6-4-15)24-20(21)27)22-19(26)16-7-9-25(10-8-16)11-18-12-28-14(2)23-18/h3-6,12-13,16H,7-11H2,1-2H3,(H,22,26)(H3,21,24,27). The lowest BCUT2D eigenvalue weighted by molar-refractivity contribution is -0.127. The van der Waals surface area contributed by atoms with Gasteiger partial charge >= 0.3 is 6.03 Å². The quantitative estimate of drug-likeness (QED) is 0.693. The third-order valence-electron chi connectivity index (χ3n) is 5.05. The number of primary amides is 1. The molecule has 1 aliphatic heterocycles. The van der Waals surface area contributed by atoms with E-state index in [0.717, 1.165) is 48.7 Å². The van der Waals surface area contributed by atoms with Gasteiger partial charge in [0.25, 0.3) is 0 Å². The fourth-order valence-corrected chi connectivity index (χ4v) is 4.08. The number of nitrogens with two attached hydrogens (primary N) is 1. The maximum atomic E-state index is 12.6. The van der Waals surface area contributed by atoms with Gasteiger partial charge in [-0.25, -0.2) is 9.78 Å². The van der Waals surface area contributed by atoms with Crippen LogP contribution in [0.5, 0.6) is 0 Å². The summed E-state index contributed by atoms with van der Waals surface area (Å²) in [5.41, 5.74) is 7.85. The van der Waals surface area contributed by atoms with E-state index in [9.17, 15) is 9.59 Å². The zero-order valence-corrected chi connectivity index (χ0v) is 17.1. The number of urea groups is 1. The number of carbonyl (C=O) groups excluding carboxylic acids is 2. The van der Waals surface area contributed by atoms with Crippen molar-refractivity contribution in [3.63, 3.8) is 0 Å². The van der Waals surface area contributed by atoms with Gasteiger partial charge in [0.2, 0.25) is 5.91 Å². The first-order valence-corrected chi connectivity index (χ1v) is 10.4. The van der Waals surface area contributed by atoms with Crippen LogP contribution in [0.4, 0.5) is 10.5 Å². The van der Waals surface area contributed by atoms with E-state index >= 15 is 0 Å². The Balaban J connectivity index is 1.46. The minimum Gasteiger partial charge on any atom is -0.351 e. The third kappa shape index (κ3) is 5.53. The van der Waals surface area contributed by atoms with E-state index in [2.05, 4.69) is 25.9 Å². The first-order valence-electron chi connectivity index (χ1n) is 9.51. The van der Waals surface area contributed by atoms with Gasteiger partial charge in [-0.3, -0.25) is 9.69 Å². The minimum atomic E-state index is -0.592. The van der Waals surface area contributed by atoms with Crippen molar-refractivity contribution >= 4 is 29.0 Å². The maximum Gasteiger partial charge on any atom is 0.316 e. The van der Waals surface area contributed by atoms with Crippen molar-refractivity contribution in [2.24, 2.45) is 11.7 Å². The Morgan fingerprint density at radius 2 is 1.96 bits per heavy atom. The van der Waals surface area contributed by atoms with Crippen LogP contribution in [0.2, 0.25) is 0 Å². The normalized spacial score (nSPS) is 16.5. The van der Waals surface area contributed by atoms with Gasteiger partial charge in [-0.2, -0.15) is 0 Å². The average Bonchev–Trinajstić information content (AvgIpc) is 3.07. The average molecular weight is 402 g/mol. The Bertz CT molecular complexity index is 812. The van der Waals surface area contributed by atoms with E-state index in [1.807, 2.05) is 26.0 Å². The number of likely N-dealkylation sites (tertiary alicyclic amines) is 1. The minimum absolute atomic E-state index is 0.0478. The fraction of sp³-hybridized carbons (Fsp3) is 0.450. The SMILES string of the molecule is Cc1nc(CN2CCC(C(=O)NC(C)c3ccc(NC(N)=O)cc3)CC2)cs1. The van der Waals surface area contributed by atoms with Crippen LogP contribution < -0.4 is 16.4 Å². The Hall–Kier alpha value is -2.45. The predicted octanol–water partition coefficient (Wildman–Crippen LogP) is 3.03. The number of aryl methyl sites for hydroxylation is 1. The molecule has 0 aliphatic carbocycles. The van der Waals surface area contributed by atoms with Crippen molar-refractivity contribution in [3.05, 3.63) is 45.9 Å². The number of hydrogen-bond donors (Lipinski definition) is 3. The van der Waals surface area contributed by atoms with Gasteiger partial charge in [0.1, 0.15) is 0 Å². The van der Waals surface area contributed by atoms with Gasteiger partial charge in [0.15, 0.2) is 0 Å². The number of benzene rings is 1. The molecule has 8 heteroatoms. The molecule has 1 aliphatic rings. The van der Waals surface area contributed by atoms with Crippen LogP contribution in [-0.2, 0) is 11.3 Å². The highest BCUT2D eigenvalue weighted by Crippen LogP contribution is 2.22. The molecule has 0 spiro atoms. The molecule has 2 aromatic rings. The summed E-state index contributed by atoms with van der Waals surface area (Å²) in [5, 5.41) is 8.85. The molecule has 1 saturated heterocycles. The molecule has 2 heterocycles. The summed E-state index contributed by atoms with van der Waals surface area (Å²) in [4.78, 5) is 30.4. The Morgan fingerprint density at radius 1 is 1.29 bits per heavy atom. The van der Waals surface area contributed by atoms with E-state index in [1.54, 1.807) is 23.5 Å². The molecule has 150 valence electrons. The first kappa shape index (κ1) is 20.3. The van der Waals surface area contributed by atoms with E-state index in [-0.39, 0.29) is 17.9 Å². The van der Waals surface area contributed by atoms with Crippen LogP contribution in [0.15, 0.2) is 29.6 Å². The first-order chi connectivity index (χ1) is 13.4. The number of carbonyl (C=O) groups is 2. The van der Waals surface area contributed by atoms with Crippen LogP contribution in [0.25, 0.3) is 0 Å². The molecular formula is C20H27N5O2S. The zero-order valence-electron chi connectivity index (χ0n) is 16.3. The molecule has 7 nitrogen and oxygen atoms in total. The summed E-state index contributed by atoms with van der Waals surface area (Å²) in [5.74, 6) is 0.155. The van der Waals surface area contributed by atoms with Crippen LogP contribution >= 0.6 is 11.3 Å². The highest BCUT2D eigenvalue weighted by Gasteiger charge is 2.26. The Morgan fingerprint density at radius 3 is 2.54 bits per heavy atom. The second-order valence-electron chi connectivity index (χ2n) is 7.25. The molecular weight excluding hydrogens is 374 g/mol. The molecule has 1 aromatic carbocycles. The molecule has 28 heavy (non-hydrogen) atoms. The molecule has 1 unspecified atom stereocenters. The lowest BCUT2D eigenvalue weighted by Gasteiger charge is -2.31. The number of nitrogens with one attached hydrogen (secondary N) is 2. The largest absolute Gasteiger partial charge is 0.351 e. The molecule has 3 amide bonds. The fourth-order valence-electron chi connectivity index (χ4n) is 3.48. The van der Waals surface area contributed by atoms with Crippen molar-refractivity contribution in [2.75, 3.05) is 18.4 Å². The second kappa shape index (κ2) is 9.16. The van der Waals surface area contributed by atoms with Gasteiger partial charge in [0.05, 0.1) is 16.7 Å². The smallest absolute Gasteiger partial charge is 0.316 e. The lowest BCUT2D eigenvalue weighted by atomic mass is 9.95. The highest BCUT2D eigenvalue weighted by molar-refractivity contribution is 7.09. The number of anilines is 1. The van der Waals surface area contributed by atoms with Gasteiger partial charge in [-0.1, -0.05) is 12.1 Å². The summed E-state index contributed by atoms with van der Waals surface area (Å²) in [6.07, 6.45) is 1.73. The summed E-state index contributed by atoms with van der Waals surface area (Å²) in [6.45, 7) is 6.68. The number of thiazole rings is 1. The third-order valence-corrected chi connectivity index (χ3v) is 5.87. The van der Waals surface area contributed by atoms with Crippen molar-refractivity contribution in [1.29, 1.82) is 0 Å². The van der Waals surface area contributed by atoms with Gasteiger partial charge in [-0.05, 0) is 57.5 Å². The number of amides is 3. The van der Waals surface area contributed by atoms with Crippen LogP contribution in [-0.4, -0.2) is 34.9 Å².